The highest BCUT2D eigenvalue weighted by Gasteiger charge is 2.36. The molecule has 1 N–H and O–H groups in total. The van der Waals surface area contributed by atoms with Crippen molar-refractivity contribution >= 4 is 5.97 Å². The Morgan fingerprint density at radius 1 is 0.767 bits per heavy atom. The highest BCUT2D eigenvalue weighted by Crippen LogP contribution is 2.47. The van der Waals surface area contributed by atoms with Gasteiger partial charge in [-0.1, -0.05) is 70.2 Å². The third-order valence-electron chi connectivity index (χ3n) is 6.61. The Morgan fingerprint density at radius 2 is 1.30 bits per heavy atom. The molecular formula is C27H27O3-. The molecule has 0 bridgehead atoms. The number of carbonyl (C=O) groups is 1. The molecule has 4 rings (SSSR count). The van der Waals surface area contributed by atoms with Gasteiger partial charge in [-0.15, -0.1) is 5.75 Å². The van der Waals surface area contributed by atoms with Gasteiger partial charge < -0.3 is 10.2 Å². The number of fused-ring (bicyclic) bond motifs is 1. The van der Waals surface area contributed by atoms with Crippen LogP contribution in [0.25, 0.3) is 22.3 Å². The smallest absolute Gasteiger partial charge is 0.335 e. The molecule has 154 valence electrons. The maximum absolute atomic E-state index is 12.5. The zero-order chi connectivity index (χ0) is 21.7. The van der Waals surface area contributed by atoms with Crippen LogP contribution in [0, 0.1) is 0 Å². The molecule has 3 aromatic rings. The molecule has 0 amide bonds. The van der Waals surface area contributed by atoms with Gasteiger partial charge in [-0.05, 0) is 75.3 Å². The van der Waals surface area contributed by atoms with Crippen LogP contribution in [0.2, 0.25) is 0 Å². The van der Waals surface area contributed by atoms with E-state index in [4.69, 9.17) is 5.11 Å². The Bertz CT molecular complexity index is 1120. The molecule has 3 heteroatoms. The topological polar surface area (TPSA) is 60.4 Å². The van der Waals surface area contributed by atoms with Crippen molar-refractivity contribution in [3.05, 3.63) is 77.4 Å². The first-order valence-electron chi connectivity index (χ1n) is 10.4. The van der Waals surface area contributed by atoms with Crippen molar-refractivity contribution in [3.8, 4) is 28.0 Å². The standard InChI is InChI=1S/C27H28O3/c1-26(2)13-14-27(3,4)23-16-20(9-11-22(23)26)19-10-12-24(28)21(15-19)17-5-7-18(8-6-17)25(29)30/h5-12,15-16,28H,13-14H2,1-4H3,(H,29,30)/p-1. The van der Waals surface area contributed by atoms with Crippen LogP contribution in [0.1, 0.15) is 62.0 Å². The molecule has 0 spiro atoms. The van der Waals surface area contributed by atoms with Crippen LogP contribution in [-0.4, -0.2) is 11.1 Å². The van der Waals surface area contributed by atoms with E-state index < -0.39 is 5.97 Å². The molecule has 1 aliphatic rings. The second kappa shape index (κ2) is 7.02. The number of hydrogen-bond acceptors (Lipinski definition) is 2. The first-order chi connectivity index (χ1) is 14.1. The fraction of sp³-hybridized carbons (Fsp3) is 0.296. The minimum absolute atomic E-state index is 0.0683. The number of benzene rings is 3. The number of carboxylic acid groups (broad SMARTS) is 1. The summed E-state index contributed by atoms with van der Waals surface area (Å²) < 4.78 is 0. The second-order valence-electron chi connectivity index (χ2n) is 9.62. The maximum atomic E-state index is 12.5. The van der Waals surface area contributed by atoms with Crippen molar-refractivity contribution < 1.29 is 15.0 Å². The maximum Gasteiger partial charge on any atom is 0.335 e. The SMILES string of the molecule is CC1(C)CCC(C)(C)c2cc(-c3ccc([O-])c(-c4ccc(C(=O)O)cc4)c3)ccc21. The van der Waals surface area contributed by atoms with Gasteiger partial charge >= 0.3 is 5.97 Å². The van der Waals surface area contributed by atoms with E-state index in [0.29, 0.717) is 5.56 Å². The van der Waals surface area contributed by atoms with Gasteiger partial charge in [0.15, 0.2) is 0 Å². The van der Waals surface area contributed by atoms with Gasteiger partial charge in [0.25, 0.3) is 0 Å². The Labute approximate surface area is 178 Å². The van der Waals surface area contributed by atoms with Crippen molar-refractivity contribution in [2.75, 3.05) is 0 Å². The van der Waals surface area contributed by atoms with Crippen LogP contribution in [0.3, 0.4) is 0 Å². The van der Waals surface area contributed by atoms with Gasteiger partial charge in [-0.25, -0.2) is 4.79 Å². The van der Waals surface area contributed by atoms with Crippen molar-refractivity contribution in [3.63, 3.8) is 0 Å². The molecule has 3 aromatic carbocycles. The summed E-state index contributed by atoms with van der Waals surface area (Å²) in [5.74, 6) is -1.04. The Balaban J connectivity index is 1.79. The van der Waals surface area contributed by atoms with Crippen LogP contribution >= 0.6 is 0 Å². The number of carboxylic acids is 1. The fourth-order valence-electron chi connectivity index (χ4n) is 4.50. The van der Waals surface area contributed by atoms with E-state index in [1.165, 1.54) is 29.7 Å². The van der Waals surface area contributed by atoms with E-state index in [2.05, 4.69) is 45.9 Å². The van der Waals surface area contributed by atoms with Crippen molar-refractivity contribution in [2.45, 2.75) is 51.4 Å². The molecule has 0 fully saturated rings. The number of rotatable bonds is 3. The number of aromatic carboxylic acids is 1. The third-order valence-corrected chi connectivity index (χ3v) is 6.61. The summed E-state index contributed by atoms with van der Waals surface area (Å²) in [5.41, 5.74) is 6.70. The van der Waals surface area contributed by atoms with Gasteiger partial charge in [-0.2, -0.15) is 0 Å². The van der Waals surface area contributed by atoms with Gasteiger partial charge in [-0.3, -0.25) is 0 Å². The largest absolute Gasteiger partial charge is 0.872 e. The van der Waals surface area contributed by atoms with Crippen molar-refractivity contribution in [2.24, 2.45) is 0 Å². The first kappa shape index (κ1) is 20.2. The van der Waals surface area contributed by atoms with E-state index in [0.717, 1.165) is 23.1 Å². The minimum Gasteiger partial charge on any atom is -0.872 e. The molecule has 1 aliphatic carbocycles. The molecule has 30 heavy (non-hydrogen) atoms. The predicted octanol–water partition coefficient (Wildman–Crippen LogP) is 6.14. The van der Waals surface area contributed by atoms with Gasteiger partial charge in [0.2, 0.25) is 0 Å². The van der Waals surface area contributed by atoms with E-state index in [1.54, 1.807) is 18.2 Å². The van der Waals surface area contributed by atoms with Crippen LogP contribution in [0.5, 0.6) is 5.75 Å². The molecule has 0 atom stereocenters. The lowest BCUT2D eigenvalue weighted by atomic mass is 9.63. The number of hydrogen-bond donors (Lipinski definition) is 1. The van der Waals surface area contributed by atoms with E-state index in [-0.39, 0.29) is 22.1 Å². The quantitative estimate of drug-likeness (QED) is 0.575. The molecular weight excluding hydrogens is 372 g/mol. The predicted molar refractivity (Wildman–Crippen MR) is 119 cm³/mol. The van der Waals surface area contributed by atoms with Crippen LogP contribution in [0.4, 0.5) is 0 Å². The summed E-state index contributed by atoms with van der Waals surface area (Å²) in [6.07, 6.45) is 2.32. The van der Waals surface area contributed by atoms with Crippen LogP contribution in [0.15, 0.2) is 60.7 Å². The monoisotopic (exact) mass is 399 g/mol. The molecule has 0 unspecified atom stereocenters. The zero-order valence-corrected chi connectivity index (χ0v) is 18.0. The van der Waals surface area contributed by atoms with E-state index in [1.807, 2.05) is 12.1 Å². The zero-order valence-electron chi connectivity index (χ0n) is 18.0. The Morgan fingerprint density at radius 3 is 1.93 bits per heavy atom. The van der Waals surface area contributed by atoms with Gasteiger partial charge in [0, 0.05) is 0 Å². The Hall–Kier alpha value is -3.07. The van der Waals surface area contributed by atoms with Crippen molar-refractivity contribution in [1.82, 2.24) is 0 Å². The summed E-state index contributed by atoms with van der Waals surface area (Å²) in [4.78, 5) is 11.1. The fourth-order valence-corrected chi connectivity index (χ4v) is 4.50. The first-order valence-corrected chi connectivity index (χ1v) is 10.4. The average Bonchev–Trinajstić information content (AvgIpc) is 2.72. The molecule has 0 aromatic heterocycles. The van der Waals surface area contributed by atoms with E-state index in [9.17, 15) is 9.90 Å². The molecule has 0 radical (unpaired) electrons. The minimum atomic E-state index is -0.975. The average molecular weight is 400 g/mol. The second-order valence-corrected chi connectivity index (χ2v) is 9.62. The Kier molecular flexibility index (Phi) is 4.73. The summed E-state index contributed by atoms with van der Waals surface area (Å²) >= 11 is 0. The summed E-state index contributed by atoms with van der Waals surface area (Å²) in [5, 5.41) is 21.6. The lowest BCUT2D eigenvalue weighted by Crippen LogP contribution is -2.33. The summed E-state index contributed by atoms with van der Waals surface area (Å²) in [6.45, 7) is 9.24. The van der Waals surface area contributed by atoms with Gasteiger partial charge in [0.05, 0.1) is 5.56 Å². The summed E-state index contributed by atoms with van der Waals surface area (Å²) in [7, 11) is 0. The lowest BCUT2D eigenvalue weighted by molar-refractivity contribution is -0.267. The molecule has 0 heterocycles. The molecule has 0 aliphatic heterocycles. The van der Waals surface area contributed by atoms with E-state index >= 15 is 0 Å². The molecule has 0 saturated heterocycles. The molecule has 0 saturated carbocycles. The van der Waals surface area contributed by atoms with Gasteiger partial charge in [0.1, 0.15) is 0 Å². The highest BCUT2D eigenvalue weighted by molar-refractivity contribution is 5.88. The third kappa shape index (κ3) is 3.49. The molecule has 3 nitrogen and oxygen atoms in total. The lowest BCUT2D eigenvalue weighted by Gasteiger charge is -2.42. The van der Waals surface area contributed by atoms with Crippen LogP contribution < -0.4 is 5.11 Å². The normalized spacial score (nSPS) is 16.7. The summed E-state index contributed by atoms with van der Waals surface area (Å²) in [6, 6.07) is 18.5. The van der Waals surface area contributed by atoms with Crippen molar-refractivity contribution in [1.29, 1.82) is 0 Å². The highest BCUT2D eigenvalue weighted by atomic mass is 16.4. The van der Waals surface area contributed by atoms with Crippen LogP contribution in [-0.2, 0) is 10.8 Å².